The lowest BCUT2D eigenvalue weighted by Crippen LogP contribution is -2.30. The molecule has 0 aliphatic carbocycles. The monoisotopic (exact) mass is 437 g/mol. The Morgan fingerprint density at radius 2 is 1.59 bits per heavy atom. The summed E-state index contributed by atoms with van der Waals surface area (Å²) in [5, 5.41) is 2.58. The summed E-state index contributed by atoms with van der Waals surface area (Å²) in [6.45, 7) is 2.89. The van der Waals surface area contributed by atoms with Gasteiger partial charge in [-0.1, -0.05) is 6.92 Å². The average Bonchev–Trinajstić information content (AvgIpc) is 2.83. The van der Waals surface area contributed by atoms with Crippen LogP contribution in [0.4, 0.5) is 17.1 Å². The molecule has 2 aromatic rings. The molecule has 3 rings (SSSR count). The number of nitrogens with one attached hydrogen (secondary N) is 2. The SMILES string of the molecule is CC(=O)Nc1ccc(NS(=O)(=O)c2ccc(N3C(=O)[C@H](C)CS3(=O)=O)cc2)cc1. The van der Waals surface area contributed by atoms with Crippen LogP contribution in [0.3, 0.4) is 0 Å². The number of carbonyl (C=O) groups is 2. The predicted molar refractivity (Wildman–Crippen MR) is 108 cm³/mol. The van der Waals surface area contributed by atoms with E-state index >= 15 is 0 Å². The van der Waals surface area contributed by atoms with Crippen molar-refractivity contribution < 1.29 is 26.4 Å². The highest BCUT2D eigenvalue weighted by molar-refractivity contribution is 7.94. The van der Waals surface area contributed by atoms with Crippen LogP contribution in [-0.4, -0.2) is 34.4 Å². The van der Waals surface area contributed by atoms with E-state index in [-0.39, 0.29) is 27.9 Å². The summed E-state index contributed by atoms with van der Waals surface area (Å²) in [4.78, 5) is 23.1. The molecule has 1 fully saturated rings. The third-order valence-electron chi connectivity index (χ3n) is 4.20. The maximum Gasteiger partial charge on any atom is 0.261 e. The van der Waals surface area contributed by atoms with E-state index in [2.05, 4.69) is 10.0 Å². The predicted octanol–water partition coefficient (Wildman–Crippen LogP) is 1.76. The summed E-state index contributed by atoms with van der Waals surface area (Å²) < 4.78 is 52.5. The minimum atomic E-state index is -3.93. The van der Waals surface area contributed by atoms with Crippen LogP contribution >= 0.6 is 0 Å². The van der Waals surface area contributed by atoms with Gasteiger partial charge in [-0.3, -0.25) is 14.3 Å². The van der Waals surface area contributed by atoms with Crippen LogP contribution in [0.25, 0.3) is 0 Å². The fourth-order valence-corrected chi connectivity index (χ4v) is 5.77. The third-order valence-corrected chi connectivity index (χ3v) is 7.47. The zero-order valence-corrected chi connectivity index (χ0v) is 17.2. The highest BCUT2D eigenvalue weighted by atomic mass is 32.2. The van der Waals surface area contributed by atoms with Crippen LogP contribution in [0.2, 0.25) is 0 Å². The number of benzene rings is 2. The maximum absolute atomic E-state index is 12.6. The molecule has 29 heavy (non-hydrogen) atoms. The molecule has 0 spiro atoms. The quantitative estimate of drug-likeness (QED) is 0.733. The summed E-state index contributed by atoms with van der Waals surface area (Å²) in [5.41, 5.74) is 0.905. The van der Waals surface area contributed by atoms with Gasteiger partial charge in [0.15, 0.2) is 0 Å². The second-order valence-electron chi connectivity index (χ2n) is 6.64. The van der Waals surface area contributed by atoms with Gasteiger partial charge in [0, 0.05) is 18.3 Å². The Morgan fingerprint density at radius 1 is 1.03 bits per heavy atom. The molecule has 9 nitrogen and oxygen atoms in total. The van der Waals surface area contributed by atoms with Crippen LogP contribution in [0.15, 0.2) is 53.4 Å². The Hall–Kier alpha value is -2.92. The number of carbonyl (C=O) groups excluding carboxylic acids is 2. The molecule has 0 aromatic heterocycles. The van der Waals surface area contributed by atoms with E-state index < -0.39 is 31.9 Å². The zero-order chi connectivity index (χ0) is 21.4. The van der Waals surface area contributed by atoms with E-state index in [1.54, 1.807) is 12.1 Å². The molecule has 1 saturated heterocycles. The van der Waals surface area contributed by atoms with Gasteiger partial charge in [-0.05, 0) is 48.5 Å². The van der Waals surface area contributed by atoms with Crippen LogP contribution < -0.4 is 14.3 Å². The molecule has 1 heterocycles. The van der Waals surface area contributed by atoms with Gasteiger partial charge in [0.05, 0.1) is 22.3 Å². The molecular weight excluding hydrogens is 418 g/mol. The van der Waals surface area contributed by atoms with Crippen molar-refractivity contribution in [2.24, 2.45) is 5.92 Å². The summed E-state index contributed by atoms with van der Waals surface area (Å²) in [6.07, 6.45) is 0. The molecule has 2 amide bonds. The lowest BCUT2D eigenvalue weighted by atomic mass is 10.2. The second-order valence-corrected chi connectivity index (χ2v) is 10.2. The van der Waals surface area contributed by atoms with E-state index in [0.29, 0.717) is 9.99 Å². The van der Waals surface area contributed by atoms with Crippen LogP contribution in [-0.2, 0) is 29.6 Å². The normalized spacial score (nSPS) is 18.5. The number of amides is 2. The summed E-state index contributed by atoms with van der Waals surface area (Å²) in [5.74, 6) is -1.71. The molecule has 1 aliphatic rings. The largest absolute Gasteiger partial charge is 0.326 e. The first-order valence-electron chi connectivity index (χ1n) is 8.57. The molecule has 1 aliphatic heterocycles. The van der Waals surface area contributed by atoms with Gasteiger partial charge in [0.1, 0.15) is 0 Å². The fourth-order valence-electron chi connectivity index (χ4n) is 2.89. The zero-order valence-electron chi connectivity index (χ0n) is 15.6. The first kappa shape index (κ1) is 20.8. The number of anilines is 3. The minimum absolute atomic E-state index is 0.0933. The van der Waals surface area contributed by atoms with E-state index in [1.807, 2.05) is 0 Å². The number of rotatable bonds is 5. The first-order chi connectivity index (χ1) is 13.5. The molecule has 2 N–H and O–H groups in total. The molecule has 0 saturated carbocycles. The third kappa shape index (κ3) is 4.40. The van der Waals surface area contributed by atoms with Crippen molar-refractivity contribution in [3.8, 4) is 0 Å². The molecule has 11 heteroatoms. The van der Waals surface area contributed by atoms with E-state index in [9.17, 15) is 26.4 Å². The second kappa shape index (κ2) is 7.48. The highest BCUT2D eigenvalue weighted by Gasteiger charge is 2.41. The Kier molecular flexibility index (Phi) is 5.37. The lowest BCUT2D eigenvalue weighted by Gasteiger charge is -2.16. The van der Waals surface area contributed by atoms with Crippen LogP contribution in [0.1, 0.15) is 13.8 Å². The molecule has 0 radical (unpaired) electrons. The van der Waals surface area contributed by atoms with Crippen molar-refractivity contribution in [1.29, 1.82) is 0 Å². The maximum atomic E-state index is 12.6. The van der Waals surface area contributed by atoms with Crippen LogP contribution in [0, 0.1) is 5.92 Å². The van der Waals surface area contributed by atoms with Crippen molar-refractivity contribution >= 4 is 48.9 Å². The van der Waals surface area contributed by atoms with Crippen molar-refractivity contribution in [3.05, 3.63) is 48.5 Å². The molecule has 0 unspecified atom stereocenters. The highest BCUT2D eigenvalue weighted by Crippen LogP contribution is 2.29. The average molecular weight is 437 g/mol. The summed E-state index contributed by atoms with van der Waals surface area (Å²) in [7, 11) is -7.69. The van der Waals surface area contributed by atoms with Gasteiger partial charge in [-0.25, -0.2) is 21.1 Å². The number of hydrogen-bond donors (Lipinski definition) is 2. The van der Waals surface area contributed by atoms with Gasteiger partial charge in [-0.2, -0.15) is 0 Å². The number of sulfonamides is 2. The Labute approximate surface area is 168 Å². The van der Waals surface area contributed by atoms with Gasteiger partial charge >= 0.3 is 0 Å². The van der Waals surface area contributed by atoms with E-state index in [0.717, 1.165) is 0 Å². The number of hydrogen-bond acceptors (Lipinski definition) is 6. The molecule has 1 atom stereocenters. The van der Waals surface area contributed by atoms with Crippen LogP contribution in [0.5, 0.6) is 0 Å². The molecule has 0 bridgehead atoms. The van der Waals surface area contributed by atoms with Gasteiger partial charge in [-0.15, -0.1) is 0 Å². The van der Waals surface area contributed by atoms with E-state index in [1.165, 1.54) is 50.2 Å². The van der Waals surface area contributed by atoms with Crippen molar-refractivity contribution in [2.75, 3.05) is 20.1 Å². The molecule has 154 valence electrons. The topological polar surface area (TPSA) is 130 Å². The lowest BCUT2D eigenvalue weighted by molar-refractivity contribution is -0.119. The van der Waals surface area contributed by atoms with Crippen molar-refractivity contribution in [3.63, 3.8) is 0 Å². The Morgan fingerprint density at radius 3 is 2.07 bits per heavy atom. The standard InChI is InChI=1S/C18H19N3O6S2/c1-12-11-28(24,25)21(18(12)23)16-7-9-17(10-8-16)29(26,27)20-15-5-3-14(4-6-15)19-13(2)22/h3-10,12,20H,11H2,1-2H3,(H,19,22)/t12-/m1/s1. The van der Waals surface area contributed by atoms with Gasteiger partial charge < -0.3 is 5.32 Å². The van der Waals surface area contributed by atoms with Crippen molar-refractivity contribution in [1.82, 2.24) is 0 Å². The molecular formula is C18H19N3O6S2. The minimum Gasteiger partial charge on any atom is -0.326 e. The Bertz CT molecular complexity index is 1160. The van der Waals surface area contributed by atoms with Crippen molar-refractivity contribution in [2.45, 2.75) is 18.7 Å². The smallest absolute Gasteiger partial charge is 0.261 e. The van der Waals surface area contributed by atoms with E-state index in [4.69, 9.17) is 0 Å². The summed E-state index contributed by atoms with van der Waals surface area (Å²) >= 11 is 0. The first-order valence-corrected chi connectivity index (χ1v) is 11.7. The summed E-state index contributed by atoms with van der Waals surface area (Å²) in [6, 6.07) is 11.1. The van der Waals surface area contributed by atoms with Gasteiger partial charge in [0.25, 0.3) is 10.0 Å². The fraction of sp³-hybridized carbons (Fsp3) is 0.222. The van der Waals surface area contributed by atoms with Gasteiger partial charge in [0.2, 0.25) is 21.8 Å². The number of nitrogens with zero attached hydrogens (tertiary/aromatic N) is 1. The Balaban J connectivity index is 1.80. The molecule has 2 aromatic carbocycles.